The molecule has 1 aliphatic carbocycles. The summed E-state index contributed by atoms with van der Waals surface area (Å²) in [5.41, 5.74) is 3.26. The second kappa shape index (κ2) is 7.03. The van der Waals surface area contributed by atoms with Crippen LogP contribution in [0.15, 0.2) is 18.2 Å². The first-order valence-corrected chi connectivity index (χ1v) is 8.65. The summed E-state index contributed by atoms with van der Waals surface area (Å²) in [7, 11) is 0. The molecule has 2 fully saturated rings. The lowest BCUT2D eigenvalue weighted by Crippen LogP contribution is -2.39. The van der Waals surface area contributed by atoms with E-state index in [9.17, 15) is 4.79 Å². The molecule has 0 atom stereocenters. The minimum absolute atomic E-state index is 0.0615. The Morgan fingerprint density at radius 1 is 1.09 bits per heavy atom. The third-order valence-electron chi connectivity index (χ3n) is 4.88. The third kappa shape index (κ3) is 3.73. The average molecular weight is 301 g/mol. The second-order valence-electron chi connectivity index (χ2n) is 6.63. The van der Waals surface area contributed by atoms with E-state index in [1.807, 2.05) is 6.92 Å². The molecular formula is C18H27N3O. The minimum atomic E-state index is -0.0615. The van der Waals surface area contributed by atoms with Gasteiger partial charge in [0.05, 0.1) is 0 Å². The van der Waals surface area contributed by atoms with Crippen LogP contribution in [0.5, 0.6) is 0 Å². The van der Waals surface area contributed by atoms with E-state index in [-0.39, 0.29) is 6.03 Å². The maximum atomic E-state index is 12.2. The summed E-state index contributed by atoms with van der Waals surface area (Å²) in [5.74, 6) is 0. The standard InChI is InChI=1S/C18H27N3O/c1-14-9-10-16(21-11-5-6-12-21)13-17(14)20-18(22)19-15-7-3-2-4-8-15/h9-10,13,15H,2-8,11-12H2,1H3,(H2,19,20,22). The molecule has 4 nitrogen and oxygen atoms in total. The van der Waals surface area contributed by atoms with Crippen LogP contribution < -0.4 is 15.5 Å². The molecule has 22 heavy (non-hydrogen) atoms. The highest BCUT2D eigenvalue weighted by molar-refractivity contribution is 5.91. The summed E-state index contributed by atoms with van der Waals surface area (Å²) in [6.45, 7) is 4.29. The van der Waals surface area contributed by atoms with Crippen molar-refractivity contribution in [2.45, 2.75) is 57.9 Å². The van der Waals surface area contributed by atoms with Crippen LogP contribution in [0.3, 0.4) is 0 Å². The van der Waals surface area contributed by atoms with Crippen molar-refractivity contribution in [1.29, 1.82) is 0 Å². The fourth-order valence-corrected chi connectivity index (χ4v) is 3.51. The molecule has 4 heteroatoms. The third-order valence-corrected chi connectivity index (χ3v) is 4.88. The lowest BCUT2D eigenvalue weighted by atomic mass is 9.96. The smallest absolute Gasteiger partial charge is 0.319 e. The number of amides is 2. The van der Waals surface area contributed by atoms with Crippen molar-refractivity contribution >= 4 is 17.4 Å². The number of hydrogen-bond donors (Lipinski definition) is 2. The SMILES string of the molecule is Cc1ccc(N2CCCC2)cc1NC(=O)NC1CCCCC1. The number of benzene rings is 1. The van der Waals surface area contributed by atoms with Crippen LogP contribution in [-0.2, 0) is 0 Å². The summed E-state index contributed by atoms with van der Waals surface area (Å²) < 4.78 is 0. The van der Waals surface area contributed by atoms with Crippen LogP contribution in [0.25, 0.3) is 0 Å². The number of hydrogen-bond acceptors (Lipinski definition) is 2. The predicted octanol–water partition coefficient (Wildman–Crippen LogP) is 4.05. The van der Waals surface area contributed by atoms with Crippen molar-refractivity contribution in [3.8, 4) is 0 Å². The van der Waals surface area contributed by atoms with Crippen LogP contribution in [0.2, 0.25) is 0 Å². The molecule has 1 aromatic rings. The van der Waals surface area contributed by atoms with Crippen molar-refractivity contribution in [1.82, 2.24) is 5.32 Å². The van der Waals surface area contributed by atoms with E-state index in [0.29, 0.717) is 6.04 Å². The molecule has 2 N–H and O–H groups in total. The fraction of sp³-hybridized carbons (Fsp3) is 0.611. The van der Waals surface area contributed by atoms with Crippen molar-refractivity contribution in [3.63, 3.8) is 0 Å². The Morgan fingerprint density at radius 2 is 1.82 bits per heavy atom. The molecule has 0 spiro atoms. The average Bonchev–Trinajstić information content (AvgIpc) is 3.05. The lowest BCUT2D eigenvalue weighted by Gasteiger charge is -2.24. The van der Waals surface area contributed by atoms with E-state index in [1.54, 1.807) is 0 Å². The first kappa shape index (κ1) is 15.2. The van der Waals surface area contributed by atoms with E-state index < -0.39 is 0 Å². The lowest BCUT2D eigenvalue weighted by molar-refractivity contribution is 0.244. The molecule has 1 saturated carbocycles. The Morgan fingerprint density at radius 3 is 2.55 bits per heavy atom. The number of anilines is 2. The number of rotatable bonds is 3. The summed E-state index contributed by atoms with van der Waals surface area (Å²) in [6.07, 6.45) is 8.51. The van der Waals surface area contributed by atoms with Gasteiger partial charge in [0.2, 0.25) is 0 Å². The van der Waals surface area contributed by atoms with Gasteiger partial charge in [0, 0.05) is 30.5 Å². The number of carbonyl (C=O) groups is 1. The molecule has 0 radical (unpaired) electrons. The van der Waals surface area contributed by atoms with Crippen LogP contribution in [0.1, 0.15) is 50.5 Å². The van der Waals surface area contributed by atoms with Crippen LogP contribution in [0.4, 0.5) is 16.2 Å². The zero-order chi connectivity index (χ0) is 15.4. The van der Waals surface area contributed by atoms with Crippen LogP contribution >= 0.6 is 0 Å². The van der Waals surface area contributed by atoms with Crippen molar-refractivity contribution in [2.75, 3.05) is 23.3 Å². The highest BCUT2D eigenvalue weighted by Crippen LogP contribution is 2.26. The summed E-state index contributed by atoms with van der Waals surface area (Å²) in [6, 6.07) is 6.65. The number of carbonyl (C=O) groups excluding carboxylic acids is 1. The molecule has 0 unspecified atom stereocenters. The van der Waals surface area contributed by atoms with Gasteiger partial charge in [-0.25, -0.2) is 4.79 Å². The van der Waals surface area contributed by atoms with Gasteiger partial charge in [-0.05, 0) is 50.3 Å². The zero-order valence-corrected chi connectivity index (χ0v) is 13.5. The van der Waals surface area contributed by atoms with Crippen molar-refractivity contribution < 1.29 is 4.79 Å². The van der Waals surface area contributed by atoms with E-state index >= 15 is 0 Å². The monoisotopic (exact) mass is 301 g/mol. The van der Waals surface area contributed by atoms with Gasteiger partial charge in [0.15, 0.2) is 0 Å². The molecule has 1 aromatic carbocycles. The van der Waals surface area contributed by atoms with Gasteiger partial charge in [-0.1, -0.05) is 25.3 Å². The number of nitrogens with one attached hydrogen (secondary N) is 2. The van der Waals surface area contributed by atoms with E-state index in [1.165, 1.54) is 37.8 Å². The van der Waals surface area contributed by atoms with Gasteiger partial charge in [-0.2, -0.15) is 0 Å². The van der Waals surface area contributed by atoms with E-state index in [0.717, 1.165) is 37.2 Å². The van der Waals surface area contributed by atoms with E-state index in [2.05, 4.69) is 33.7 Å². The molecule has 1 saturated heterocycles. The highest BCUT2D eigenvalue weighted by Gasteiger charge is 2.17. The predicted molar refractivity (Wildman–Crippen MR) is 91.7 cm³/mol. The van der Waals surface area contributed by atoms with Gasteiger partial charge in [-0.3, -0.25) is 0 Å². The summed E-state index contributed by atoms with van der Waals surface area (Å²) in [4.78, 5) is 14.6. The largest absolute Gasteiger partial charge is 0.371 e. The van der Waals surface area contributed by atoms with Crippen molar-refractivity contribution in [2.24, 2.45) is 0 Å². The van der Waals surface area contributed by atoms with Gasteiger partial charge >= 0.3 is 6.03 Å². The molecule has 3 rings (SSSR count). The molecule has 1 aliphatic heterocycles. The number of urea groups is 1. The summed E-state index contributed by atoms with van der Waals surface area (Å²) in [5, 5.41) is 6.16. The Balaban J connectivity index is 1.62. The normalized spacial score (nSPS) is 19.2. The van der Waals surface area contributed by atoms with E-state index in [4.69, 9.17) is 0 Å². The number of nitrogens with zero attached hydrogens (tertiary/aromatic N) is 1. The molecular weight excluding hydrogens is 274 g/mol. The van der Waals surface area contributed by atoms with Gasteiger partial charge in [0.25, 0.3) is 0 Å². The molecule has 0 bridgehead atoms. The minimum Gasteiger partial charge on any atom is -0.371 e. The first-order chi connectivity index (χ1) is 10.7. The zero-order valence-electron chi connectivity index (χ0n) is 13.5. The Bertz CT molecular complexity index is 517. The number of aryl methyl sites for hydroxylation is 1. The Kier molecular flexibility index (Phi) is 4.86. The quantitative estimate of drug-likeness (QED) is 0.884. The fourth-order valence-electron chi connectivity index (χ4n) is 3.51. The Hall–Kier alpha value is -1.71. The van der Waals surface area contributed by atoms with Crippen molar-refractivity contribution in [3.05, 3.63) is 23.8 Å². The highest BCUT2D eigenvalue weighted by atomic mass is 16.2. The van der Waals surface area contributed by atoms with Gasteiger partial charge < -0.3 is 15.5 Å². The summed E-state index contributed by atoms with van der Waals surface area (Å²) >= 11 is 0. The first-order valence-electron chi connectivity index (χ1n) is 8.65. The molecule has 120 valence electrons. The topological polar surface area (TPSA) is 44.4 Å². The van der Waals surface area contributed by atoms with Gasteiger partial charge in [-0.15, -0.1) is 0 Å². The molecule has 0 aromatic heterocycles. The maximum absolute atomic E-state index is 12.2. The second-order valence-corrected chi connectivity index (χ2v) is 6.63. The molecule has 2 amide bonds. The molecule has 2 aliphatic rings. The van der Waals surface area contributed by atoms with Crippen LogP contribution in [0, 0.1) is 6.92 Å². The Labute approximate surface area is 133 Å². The van der Waals surface area contributed by atoms with Crippen LogP contribution in [-0.4, -0.2) is 25.2 Å². The van der Waals surface area contributed by atoms with Gasteiger partial charge in [0.1, 0.15) is 0 Å². The molecule has 1 heterocycles. The maximum Gasteiger partial charge on any atom is 0.319 e.